The van der Waals surface area contributed by atoms with Crippen molar-refractivity contribution in [2.45, 2.75) is 25.4 Å². The Morgan fingerprint density at radius 2 is 1.94 bits per heavy atom. The van der Waals surface area contributed by atoms with Crippen LogP contribution in [-0.4, -0.2) is 59.4 Å². The Labute approximate surface area is 189 Å². The third-order valence-corrected chi connectivity index (χ3v) is 6.15. The molecular formula is C26H29N3O3. The Morgan fingerprint density at radius 1 is 1.12 bits per heavy atom. The predicted octanol–water partition coefficient (Wildman–Crippen LogP) is 3.64. The molecular weight excluding hydrogens is 402 g/mol. The van der Waals surface area contributed by atoms with E-state index in [-0.39, 0.29) is 24.5 Å². The van der Waals surface area contributed by atoms with Gasteiger partial charge in [-0.2, -0.15) is 0 Å². The van der Waals surface area contributed by atoms with Crippen molar-refractivity contribution in [1.82, 2.24) is 14.8 Å². The first kappa shape index (κ1) is 22.0. The highest BCUT2D eigenvalue weighted by molar-refractivity contribution is 5.94. The summed E-state index contributed by atoms with van der Waals surface area (Å²) >= 11 is 0. The highest BCUT2D eigenvalue weighted by Gasteiger charge is 2.40. The summed E-state index contributed by atoms with van der Waals surface area (Å²) in [6.07, 6.45) is 10.9. The Hall–Kier alpha value is -3.25. The van der Waals surface area contributed by atoms with Crippen LogP contribution in [0.25, 0.3) is 0 Å². The molecule has 0 spiro atoms. The van der Waals surface area contributed by atoms with Crippen LogP contribution in [-0.2, 0) is 9.53 Å². The number of hydrogen-bond acceptors (Lipinski definition) is 5. The lowest BCUT2D eigenvalue weighted by molar-refractivity contribution is -0.150. The van der Waals surface area contributed by atoms with E-state index in [0.717, 1.165) is 12.0 Å². The van der Waals surface area contributed by atoms with Gasteiger partial charge >= 0.3 is 5.97 Å². The van der Waals surface area contributed by atoms with Crippen LogP contribution < -0.4 is 0 Å². The molecule has 1 aromatic carbocycles. The second kappa shape index (κ2) is 9.92. The fraction of sp³-hybridized carbons (Fsp3) is 0.346. The van der Waals surface area contributed by atoms with E-state index < -0.39 is 6.04 Å². The van der Waals surface area contributed by atoms with Gasteiger partial charge in [0.1, 0.15) is 6.04 Å². The van der Waals surface area contributed by atoms with Gasteiger partial charge in [0.25, 0.3) is 5.91 Å². The second-order valence-electron chi connectivity index (χ2n) is 8.36. The standard InChI is InChI=1S/C26H29N3O3/c1-19-8-6-11-21(16-19)24(20-9-4-3-5-10-20)29-15-14-28(18-23(29)26(31)32-2)25(30)22-12-7-13-27-17-22/h3-7,9-13,16-17,19,23-24H,8,14-15,18H2,1-2H3. The zero-order valence-electron chi connectivity index (χ0n) is 18.6. The van der Waals surface area contributed by atoms with Crippen molar-refractivity contribution in [2.24, 2.45) is 5.92 Å². The number of rotatable bonds is 5. The number of carbonyl (C=O) groups excluding carboxylic acids is 2. The van der Waals surface area contributed by atoms with Gasteiger partial charge in [-0.25, -0.2) is 0 Å². The molecule has 3 atom stereocenters. The Balaban J connectivity index is 1.67. The van der Waals surface area contributed by atoms with Crippen molar-refractivity contribution in [3.05, 3.63) is 89.8 Å². The van der Waals surface area contributed by atoms with Crippen LogP contribution in [0.5, 0.6) is 0 Å². The van der Waals surface area contributed by atoms with E-state index in [9.17, 15) is 9.59 Å². The zero-order valence-corrected chi connectivity index (χ0v) is 18.6. The quantitative estimate of drug-likeness (QED) is 0.677. The first-order chi connectivity index (χ1) is 15.6. The molecule has 1 saturated heterocycles. The Morgan fingerprint density at radius 3 is 2.62 bits per heavy atom. The van der Waals surface area contributed by atoms with Crippen LogP contribution in [0.4, 0.5) is 0 Å². The van der Waals surface area contributed by atoms with E-state index in [2.05, 4.69) is 47.2 Å². The highest BCUT2D eigenvalue weighted by Crippen LogP contribution is 2.36. The minimum atomic E-state index is -0.564. The first-order valence-corrected chi connectivity index (χ1v) is 11.0. The van der Waals surface area contributed by atoms with Gasteiger partial charge in [-0.15, -0.1) is 0 Å². The Kier molecular flexibility index (Phi) is 6.81. The van der Waals surface area contributed by atoms with Crippen molar-refractivity contribution in [3.63, 3.8) is 0 Å². The number of aromatic nitrogens is 1. The van der Waals surface area contributed by atoms with Gasteiger partial charge in [0.2, 0.25) is 0 Å². The van der Waals surface area contributed by atoms with Gasteiger partial charge in [-0.3, -0.25) is 19.5 Å². The molecule has 0 saturated carbocycles. The molecule has 1 amide bonds. The van der Waals surface area contributed by atoms with Crippen LogP contribution in [0, 0.1) is 5.92 Å². The van der Waals surface area contributed by atoms with Crippen molar-refractivity contribution in [2.75, 3.05) is 26.7 Å². The number of pyridine rings is 1. The maximum Gasteiger partial charge on any atom is 0.324 e. The summed E-state index contributed by atoms with van der Waals surface area (Å²) in [5.41, 5.74) is 2.82. The number of esters is 1. The molecule has 166 valence electrons. The molecule has 1 aliphatic carbocycles. The third-order valence-electron chi connectivity index (χ3n) is 6.15. The summed E-state index contributed by atoms with van der Waals surface area (Å²) in [4.78, 5) is 33.9. The summed E-state index contributed by atoms with van der Waals surface area (Å²) in [6.45, 7) is 3.56. The van der Waals surface area contributed by atoms with Crippen molar-refractivity contribution >= 4 is 11.9 Å². The van der Waals surface area contributed by atoms with Crippen LogP contribution in [0.2, 0.25) is 0 Å². The summed E-state index contributed by atoms with van der Waals surface area (Å²) < 4.78 is 5.18. The number of hydrogen-bond donors (Lipinski definition) is 0. The third kappa shape index (κ3) is 4.65. The molecule has 6 heteroatoms. The SMILES string of the molecule is COC(=O)C1CN(C(=O)c2cccnc2)CCN1C(C1=CC(C)CC=C1)c1ccccc1. The van der Waals surface area contributed by atoms with E-state index in [1.54, 1.807) is 29.4 Å². The molecule has 2 heterocycles. The second-order valence-corrected chi connectivity index (χ2v) is 8.36. The molecule has 3 unspecified atom stereocenters. The van der Waals surface area contributed by atoms with E-state index in [0.29, 0.717) is 24.6 Å². The van der Waals surface area contributed by atoms with E-state index in [4.69, 9.17) is 4.74 Å². The molecule has 2 aliphatic rings. The predicted molar refractivity (Wildman–Crippen MR) is 123 cm³/mol. The molecule has 4 rings (SSSR count). The minimum absolute atomic E-state index is 0.0880. The summed E-state index contributed by atoms with van der Waals surface area (Å²) in [5.74, 6) is -0.0115. The van der Waals surface area contributed by atoms with Gasteiger partial charge < -0.3 is 9.64 Å². The number of piperazine rings is 1. The molecule has 1 aliphatic heterocycles. The molecule has 1 fully saturated rings. The molecule has 2 aromatic rings. The summed E-state index contributed by atoms with van der Waals surface area (Å²) in [6, 6.07) is 13.1. The van der Waals surface area contributed by atoms with Crippen LogP contribution >= 0.6 is 0 Å². The topological polar surface area (TPSA) is 62.7 Å². The van der Waals surface area contributed by atoms with Crippen LogP contribution in [0.1, 0.15) is 35.3 Å². The first-order valence-electron chi connectivity index (χ1n) is 11.0. The number of ether oxygens (including phenoxy) is 1. The fourth-order valence-electron chi connectivity index (χ4n) is 4.57. The number of benzene rings is 1. The van der Waals surface area contributed by atoms with Crippen LogP contribution in [0.15, 0.2) is 78.7 Å². The average Bonchev–Trinajstić information content (AvgIpc) is 2.85. The van der Waals surface area contributed by atoms with E-state index >= 15 is 0 Å². The van der Waals surface area contributed by atoms with Crippen molar-refractivity contribution < 1.29 is 14.3 Å². The van der Waals surface area contributed by atoms with Crippen molar-refractivity contribution in [3.8, 4) is 0 Å². The summed E-state index contributed by atoms with van der Waals surface area (Å²) in [7, 11) is 1.40. The number of carbonyl (C=O) groups is 2. The van der Waals surface area contributed by atoms with Gasteiger partial charge in [-0.05, 0) is 35.6 Å². The van der Waals surface area contributed by atoms with Crippen molar-refractivity contribution in [1.29, 1.82) is 0 Å². The normalized spacial score (nSPS) is 22.2. The fourth-order valence-corrected chi connectivity index (χ4v) is 4.57. The minimum Gasteiger partial charge on any atom is -0.468 e. The average molecular weight is 432 g/mol. The van der Waals surface area contributed by atoms with Gasteiger partial charge in [-0.1, -0.05) is 55.5 Å². The number of nitrogens with zero attached hydrogens (tertiary/aromatic N) is 3. The molecule has 6 nitrogen and oxygen atoms in total. The molecule has 1 aromatic heterocycles. The molecule has 0 N–H and O–H groups in total. The van der Waals surface area contributed by atoms with E-state index in [1.807, 2.05) is 18.2 Å². The monoisotopic (exact) mass is 431 g/mol. The van der Waals surface area contributed by atoms with Crippen LogP contribution in [0.3, 0.4) is 0 Å². The van der Waals surface area contributed by atoms with Gasteiger partial charge in [0.15, 0.2) is 0 Å². The lowest BCUT2D eigenvalue weighted by Crippen LogP contribution is -2.59. The molecule has 32 heavy (non-hydrogen) atoms. The van der Waals surface area contributed by atoms with Gasteiger partial charge in [0.05, 0.1) is 18.7 Å². The zero-order chi connectivity index (χ0) is 22.5. The molecule has 0 bridgehead atoms. The lowest BCUT2D eigenvalue weighted by Gasteiger charge is -2.44. The maximum absolute atomic E-state index is 13.0. The smallest absolute Gasteiger partial charge is 0.324 e. The molecule has 0 radical (unpaired) electrons. The largest absolute Gasteiger partial charge is 0.468 e. The number of amides is 1. The lowest BCUT2D eigenvalue weighted by atomic mass is 9.88. The summed E-state index contributed by atoms with van der Waals surface area (Å²) in [5, 5.41) is 0. The Bertz CT molecular complexity index is 1000. The number of methoxy groups -OCH3 is 1. The maximum atomic E-state index is 13.0. The highest BCUT2D eigenvalue weighted by atomic mass is 16.5. The number of allylic oxidation sites excluding steroid dienone is 2. The van der Waals surface area contributed by atoms with E-state index in [1.165, 1.54) is 12.7 Å². The van der Waals surface area contributed by atoms with Gasteiger partial charge in [0, 0.05) is 32.0 Å².